The highest BCUT2D eigenvalue weighted by molar-refractivity contribution is 7.93. The van der Waals surface area contributed by atoms with Crippen LogP contribution in [0, 0.1) is 27.7 Å². The van der Waals surface area contributed by atoms with Crippen molar-refractivity contribution in [2.75, 3.05) is 0 Å². The fourth-order valence-corrected chi connectivity index (χ4v) is 3.67. The molecule has 0 radical (unpaired) electrons. The summed E-state index contributed by atoms with van der Waals surface area (Å²) in [6.45, 7) is 7.97. The topological polar surface area (TPSA) is 34.1 Å². The average Bonchev–Trinajstić information content (AvgIpc) is 2.41. The molecular weight excluding hydrogens is 292 g/mol. The predicted octanol–water partition coefficient (Wildman–Crippen LogP) is 4.51. The Labute approximate surface area is 133 Å². The molecule has 116 valence electrons. The van der Waals surface area contributed by atoms with Gasteiger partial charge >= 0.3 is 0 Å². The Hall–Kier alpha value is -1.87. The molecule has 0 aromatic heterocycles. The van der Waals surface area contributed by atoms with Gasteiger partial charge in [0.15, 0.2) is 9.84 Å². The molecule has 2 rings (SSSR count). The van der Waals surface area contributed by atoms with E-state index in [4.69, 9.17) is 0 Å². The maximum atomic E-state index is 12.3. The third kappa shape index (κ3) is 4.31. The van der Waals surface area contributed by atoms with Gasteiger partial charge in [-0.25, -0.2) is 8.42 Å². The van der Waals surface area contributed by atoms with E-state index in [9.17, 15) is 8.42 Å². The van der Waals surface area contributed by atoms with Gasteiger partial charge in [-0.15, -0.1) is 0 Å². The molecule has 3 heteroatoms. The van der Waals surface area contributed by atoms with Crippen LogP contribution >= 0.6 is 0 Å². The number of rotatable bonds is 4. The lowest BCUT2D eigenvalue weighted by atomic mass is 10.1. The highest BCUT2D eigenvalue weighted by Crippen LogP contribution is 2.17. The molecule has 0 saturated heterocycles. The van der Waals surface area contributed by atoms with Crippen molar-refractivity contribution in [3.63, 3.8) is 0 Å². The van der Waals surface area contributed by atoms with Gasteiger partial charge in [-0.3, -0.25) is 0 Å². The van der Waals surface area contributed by atoms with Crippen LogP contribution in [0.25, 0.3) is 6.08 Å². The molecule has 2 aromatic rings. The van der Waals surface area contributed by atoms with Crippen LogP contribution in [0.15, 0.2) is 41.8 Å². The zero-order chi connectivity index (χ0) is 16.3. The first kappa shape index (κ1) is 16.5. The van der Waals surface area contributed by atoms with Gasteiger partial charge in [0.25, 0.3) is 0 Å². The molecule has 0 amide bonds. The summed E-state index contributed by atoms with van der Waals surface area (Å²) in [5, 5.41) is 1.32. The summed E-state index contributed by atoms with van der Waals surface area (Å²) in [7, 11) is -3.28. The van der Waals surface area contributed by atoms with Crippen LogP contribution in [-0.4, -0.2) is 8.42 Å². The molecule has 0 saturated carbocycles. The van der Waals surface area contributed by atoms with Crippen molar-refractivity contribution in [2.24, 2.45) is 0 Å². The van der Waals surface area contributed by atoms with E-state index in [2.05, 4.69) is 6.07 Å². The molecule has 0 heterocycles. The van der Waals surface area contributed by atoms with E-state index in [-0.39, 0.29) is 5.75 Å². The lowest BCUT2D eigenvalue weighted by Gasteiger charge is -2.06. The second kappa shape index (κ2) is 6.49. The van der Waals surface area contributed by atoms with Gasteiger partial charge in [0.05, 0.1) is 5.75 Å². The number of benzene rings is 2. The second-order valence-electron chi connectivity index (χ2n) is 5.90. The molecule has 0 bridgehead atoms. The summed E-state index contributed by atoms with van der Waals surface area (Å²) in [5.74, 6) is 0.0422. The van der Waals surface area contributed by atoms with Gasteiger partial charge in [0.1, 0.15) is 0 Å². The minimum absolute atomic E-state index is 0.0422. The Kier molecular flexibility index (Phi) is 4.87. The molecule has 0 fully saturated rings. The van der Waals surface area contributed by atoms with Gasteiger partial charge < -0.3 is 0 Å². The fraction of sp³-hybridized carbons (Fsp3) is 0.263. The summed E-state index contributed by atoms with van der Waals surface area (Å²) >= 11 is 0. The number of hydrogen-bond acceptors (Lipinski definition) is 2. The standard InChI is InChI=1S/C19H22O2S/c1-14-5-7-18(16(3)11-14)9-10-22(20,21)13-19-8-6-15(2)12-17(19)4/h5-12H,13H2,1-4H3/b10-9-. The van der Waals surface area contributed by atoms with Crippen molar-refractivity contribution in [1.82, 2.24) is 0 Å². The Morgan fingerprint density at radius 1 is 0.864 bits per heavy atom. The summed E-state index contributed by atoms with van der Waals surface area (Å²) in [5.41, 5.74) is 6.21. The van der Waals surface area contributed by atoms with E-state index in [1.54, 1.807) is 6.08 Å². The summed E-state index contributed by atoms with van der Waals surface area (Å²) in [6, 6.07) is 11.9. The zero-order valence-electron chi connectivity index (χ0n) is 13.6. The van der Waals surface area contributed by atoms with E-state index in [0.717, 1.165) is 27.8 Å². The van der Waals surface area contributed by atoms with E-state index in [1.807, 2.05) is 58.0 Å². The summed E-state index contributed by atoms with van der Waals surface area (Å²) in [6.07, 6.45) is 1.69. The van der Waals surface area contributed by atoms with Crippen LogP contribution in [0.1, 0.15) is 33.4 Å². The molecule has 22 heavy (non-hydrogen) atoms. The predicted molar refractivity (Wildman–Crippen MR) is 93.5 cm³/mol. The molecule has 0 atom stereocenters. The van der Waals surface area contributed by atoms with Crippen LogP contribution < -0.4 is 0 Å². The van der Waals surface area contributed by atoms with Crippen LogP contribution in [-0.2, 0) is 15.6 Å². The minimum Gasteiger partial charge on any atom is -0.224 e. The lowest BCUT2D eigenvalue weighted by molar-refractivity contribution is 0.604. The Morgan fingerprint density at radius 2 is 1.45 bits per heavy atom. The minimum atomic E-state index is -3.28. The van der Waals surface area contributed by atoms with Crippen LogP contribution in [0.3, 0.4) is 0 Å². The van der Waals surface area contributed by atoms with Crippen LogP contribution in [0.5, 0.6) is 0 Å². The third-order valence-electron chi connectivity index (χ3n) is 3.74. The van der Waals surface area contributed by atoms with Gasteiger partial charge in [0.2, 0.25) is 0 Å². The van der Waals surface area contributed by atoms with Crippen molar-refractivity contribution < 1.29 is 8.42 Å². The molecular formula is C19H22O2S. The Bertz CT molecular complexity index is 815. The van der Waals surface area contributed by atoms with Crippen LogP contribution in [0.2, 0.25) is 0 Å². The third-order valence-corrected chi connectivity index (χ3v) is 5.00. The van der Waals surface area contributed by atoms with Crippen molar-refractivity contribution in [3.05, 3.63) is 75.2 Å². The average molecular weight is 314 g/mol. The highest BCUT2D eigenvalue weighted by atomic mass is 32.2. The maximum absolute atomic E-state index is 12.3. The first-order valence-corrected chi connectivity index (χ1v) is 9.02. The Morgan fingerprint density at radius 3 is 2.05 bits per heavy atom. The molecule has 0 aliphatic carbocycles. The Balaban J connectivity index is 2.22. The van der Waals surface area contributed by atoms with Crippen molar-refractivity contribution in [3.8, 4) is 0 Å². The first-order valence-electron chi connectivity index (χ1n) is 7.31. The van der Waals surface area contributed by atoms with E-state index >= 15 is 0 Å². The molecule has 0 aliphatic rings. The number of aryl methyl sites for hydroxylation is 4. The smallest absolute Gasteiger partial charge is 0.175 e. The second-order valence-corrected chi connectivity index (χ2v) is 7.79. The quantitative estimate of drug-likeness (QED) is 0.832. The normalized spacial score (nSPS) is 12.0. The largest absolute Gasteiger partial charge is 0.224 e. The highest BCUT2D eigenvalue weighted by Gasteiger charge is 2.10. The number of hydrogen-bond donors (Lipinski definition) is 0. The van der Waals surface area contributed by atoms with Crippen molar-refractivity contribution in [1.29, 1.82) is 0 Å². The lowest BCUT2D eigenvalue weighted by Crippen LogP contribution is -2.02. The zero-order valence-corrected chi connectivity index (χ0v) is 14.4. The molecule has 0 unspecified atom stereocenters. The van der Waals surface area contributed by atoms with Gasteiger partial charge in [0, 0.05) is 5.41 Å². The van der Waals surface area contributed by atoms with E-state index < -0.39 is 9.84 Å². The molecule has 0 N–H and O–H groups in total. The van der Waals surface area contributed by atoms with Gasteiger partial charge in [-0.1, -0.05) is 47.5 Å². The van der Waals surface area contributed by atoms with Crippen LogP contribution in [0.4, 0.5) is 0 Å². The fourth-order valence-electron chi connectivity index (χ4n) is 2.46. The van der Waals surface area contributed by atoms with Crippen molar-refractivity contribution >= 4 is 15.9 Å². The van der Waals surface area contributed by atoms with Gasteiger partial charge in [-0.2, -0.15) is 0 Å². The molecule has 0 aliphatic heterocycles. The first-order chi connectivity index (χ1) is 10.3. The van der Waals surface area contributed by atoms with Crippen molar-refractivity contribution in [2.45, 2.75) is 33.4 Å². The number of sulfone groups is 1. The van der Waals surface area contributed by atoms with E-state index in [0.29, 0.717) is 0 Å². The molecule has 2 aromatic carbocycles. The molecule has 0 spiro atoms. The summed E-state index contributed by atoms with van der Waals surface area (Å²) in [4.78, 5) is 0. The summed E-state index contributed by atoms with van der Waals surface area (Å²) < 4.78 is 24.6. The molecule has 2 nitrogen and oxygen atoms in total. The van der Waals surface area contributed by atoms with Gasteiger partial charge in [-0.05, 0) is 56.0 Å². The maximum Gasteiger partial charge on any atom is 0.175 e. The SMILES string of the molecule is Cc1ccc(/C=C\S(=O)(=O)Cc2ccc(C)cc2C)c(C)c1. The van der Waals surface area contributed by atoms with E-state index in [1.165, 1.54) is 11.0 Å². The monoisotopic (exact) mass is 314 g/mol.